The number of hydrazone groups is 1. The highest BCUT2D eigenvalue weighted by Gasteiger charge is 2.11. The Labute approximate surface area is 135 Å². The molecule has 0 spiro atoms. The molecule has 0 saturated carbocycles. The molecule has 7 heteroatoms. The maximum Gasteiger partial charge on any atom is 0.158 e. The van der Waals surface area contributed by atoms with E-state index < -0.39 is 5.82 Å². The van der Waals surface area contributed by atoms with Crippen molar-refractivity contribution in [3.8, 4) is 0 Å². The predicted molar refractivity (Wildman–Crippen MR) is 89.5 cm³/mol. The minimum absolute atomic E-state index is 0.236. The van der Waals surface area contributed by atoms with Crippen molar-refractivity contribution in [2.45, 2.75) is 13.8 Å². The monoisotopic (exact) mass is 334 g/mol. The number of aryl methyl sites for hydroxylation is 2. The third-order valence-corrected chi connectivity index (χ3v) is 4.77. The summed E-state index contributed by atoms with van der Waals surface area (Å²) >= 11 is 7.56. The highest BCUT2D eigenvalue weighted by Crippen LogP contribution is 2.32. The predicted octanol–water partition coefficient (Wildman–Crippen LogP) is 4.55. The minimum Gasteiger partial charge on any atom is -0.261 e. The summed E-state index contributed by atoms with van der Waals surface area (Å²) in [6.07, 6.45) is 2.83. The van der Waals surface area contributed by atoms with E-state index in [2.05, 4.69) is 20.5 Å². The first-order valence-corrected chi connectivity index (χ1v) is 7.71. The normalized spacial score (nSPS) is 11.5. The molecule has 0 saturated heterocycles. The van der Waals surface area contributed by atoms with E-state index in [0.29, 0.717) is 10.8 Å². The smallest absolute Gasteiger partial charge is 0.158 e. The summed E-state index contributed by atoms with van der Waals surface area (Å²) in [5.74, 6) is 0.170. The van der Waals surface area contributed by atoms with Gasteiger partial charge in [0, 0.05) is 10.4 Å². The summed E-state index contributed by atoms with van der Waals surface area (Å²) in [4.78, 5) is 10.5. The first kappa shape index (κ1) is 14.9. The fourth-order valence-corrected chi connectivity index (χ4v) is 3.27. The fourth-order valence-electron chi connectivity index (χ4n) is 2.06. The molecule has 1 aromatic carbocycles. The fraction of sp³-hybridized carbons (Fsp3) is 0.133. The molecule has 0 fully saturated rings. The Bertz CT molecular complexity index is 855. The summed E-state index contributed by atoms with van der Waals surface area (Å²) in [7, 11) is 0. The van der Waals surface area contributed by atoms with Crippen LogP contribution in [0.4, 0.5) is 10.2 Å². The lowest BCUT2D eigenvalue weighted by molar-refractivity contribution is 0.626. The molecule has 2 aromatic heterocycles. The molecule has 0 atom stereocenters. The lowest BCUT2D eigenvalue weighted by atomic mass is 10.2. The molecule has 0 radical (unpaired) electrons. The van der Waals surface area contributed by atoms with Crippen molar-refractivity contribution in [1.82, 2.24) is 9.97 Å². The Hall–Kier alpha value is -2.05. The third-order valence-electron chi connectivity index (χ3n) is 3.33. The quantitative estimate of drug-likeness (QED) is 0.565. The van der Waals surface area contributed by atoms with Crippen LogP contribution in [-0.4, -0.2) is 16.2 Å². The van der Waals surface area contributed by atoms with E-state index in [0.717, 1.165) is 15.8 Å². The van der Waals surface area contributed by atoms with Crippen LogP contribution in [0.3, 0.4) is 0 Å². The van der Waals surface area contributed by atoms with Gasteiger partial charge in [-0.25, -0.2) is 14.4 Å². The van der Waals surface area contributed by atoms with Gasteiger partial charge < -0.3 is 0 Å². The summed E-state index contributed by atoms with van der Waals surface area (Å²) in [6, 6.07) is 4.50. The largest absolute Gasteiger partial charge is 0.261 e. The molecule has 3 rings (SSSR count). The molecule has 2 heterocycles. The van der Waals surface area contributed by atoms with Crippen LogP contribution < -0.4 is 5.43 Å². The lowest BCUT2D eigenvalue weighted by Gasteiger charge is -2.03. The van der Waals surface area contributed by atoms with Gasteiger partial charge in [-0.2, -0.15) is 5.10 Å². The maximum absolute atomic E-state index is 13.7. The molecule has 0 unspecified atom stereocenters. The van der Waals surface area contributed by atoms with Crippen LogP contribution in [0.5, 0.6) is 0 Å². The number of hydrogen-bond donors (Lipinski definition) is 1. The van der Waals surface area contributed by atoms with Crippen LogP contribution in [0.15, 0.2) is 29.6 Å². The van der Waals surface area contributed by atoms with Crippen molar-refractivity contribution in [3.63, 3.8) is 0 Å². The number of halogens is 2. The van der Waals surface area contributed by atoms with Gasteiger partial charge in [0.1, 0.15) is 17.0 Å². The average molecular weight is 335 g/mol. The highest BCUT2D eigenvalue weighted by atomic mass is 35.5. The van der Waals surface area contributed by atoms with Crippen LogP contribution in [0.25, 0.3) is 10.2 Å². The number of fused-ring (bicyclic) bond motifs is 1. The Kier molecular flexibility index (Phi) is 4.04. The molecular weight excluding hydrogens is 323 g/mol. The van der Waals surface area contributed by atoms with Gasteiger partial charge in [0.25, 0.3) is 0 Å². The molecule has 0 amide bonds. The first-order chi connectivity index (χ1) is 10.6. The van der Waals surface area contributed by atoms with Crippen molar-refractivity contribution in [1.29, 1.82) is 0 Å². The second-order valence-electron chi connectivity index (χ2n) is 4.69. The summed E-state index contributed by atoms with van der Waals surface area (Å²) < 4.78 is 13.7. The number of anilines is 1. The van der Waals surface area contributed by atoms with Gasteiger partial charge in [-0.1, -0.05) is 17.7 Å². The summed E-state index contributed by atoms with van der Waals surface area (Å²) in [6.45, 7) is 4.05. The number of benzene rings is 1. The van der Waals surface area contributed by atoms with Gasteiger partial charge in [-0.3, -0.25) is 5.43 Å². The van der Waals surface area contributed by atoms with Gasteiger partial charge >= 0.3 is 0 Å². The molecule has 0 aliphatic heterocycles. The van der Waals surface area contributed by atoms with Gasteiger partial charge in [0.05, 0.1) is 16.6 Å². The number of nitrogens with zero attached hydrogens (tertiary/aromatic N) is 3. The standard InChI is InChI=1S/C15H12ClFN4S/c1-8-9(2)22-15-13(8)14(18-7-19-15)21-20-6-10-11(16)4-3-5-12(10)17/h3-7H,1-2H3,(H,18,19,21). The van der Waals surface area contributed by atoms with Crippen LogP contribution >= 0.6 is 22.9 Å². The second-order valence-corrected chi connectivity index (χ2v) is 6.30. The van der Waals surface area contributed by atoms with Crippen LogP contribution in [-0.2, 0) is 0 Å². The number of hydrogen-bond acceptors (Lipinski definition) is 5. The Balaban J connectivity index is 1.93. The van der Waals surface area contributed by atoms with Crippen LogP contribution in [0.2, 0.25) is 5.02 Å². The topological polar surface area (TPSA) is 50.2 Å². The Morgan fingerprint density at radius 3 is 2.91 bits per heavy atom. The van der Waals surface area contributed by atoms with E-state index >= 15 is 0 Å². The van der Waals surface area contributed by atoms with Crippen molar-refractivity contribution in [2.24, 2.45) is 5.10 Å². The first-order valence-electron chi connectivity index (χ1n) is 6.51. The Morgan fingerprint density at radius 2 is 2.14 bits per heavy atom. The minimum atomic E-state index is -0.423. The summed E-state index contributed by atoms with van der Waals surface area (Å²) in [5.41, 5.74) is 4.19. The molecule has 0 bridgehead atoms. The molecule has 22 heavy (non-hydrogen) atoms. The van der Waals surface area contributed by atoms with E-state index in [-0.39, 0.29) is 5.56 Å². The zero-order valence-electron chi connectivity index (χ0n) is 11.9. The highest BCUT2D eigenvalue weighted by molar-refractivity contribution is 7.18. The SMILES string of the molecule is Cc1sc2ncnc(NN=Cc3c(F)cccc3Cl)c2c1C. The molecule has 112 valence electrons. The van der Waals surface area contributed by atoms with E-state index in [9.17, 15) is 4.39 Å². The number of nitrogens with one attached hydrogen (secondary N) is 1. The van der Waals surface area contributed by atoms with Crippen LogP contribution in [0, 0.1) is 19.7 Å². The average Bonchev–Trinajstić information content (AvgIpc) is 2.78. The number of aromatic nitrogens is 2. The number of thiophene rings is 1. The van der Waals surface area contributed by atoms with Crippen molar-refractivity contribution in [3.05, 3.63) is 51.4 Å². The molecule has 3 aromatic rings. The van der Waals surface area contributed by atoms with Gasteiger partial charge in [0.15, 0.2) is 5.82 Å². The van der Waals surface area contributed by atoms with E-state index in [1.807, 2.05) is 13.8 Å². The van der Waals surface area contributed by atoms with E-state index in [1.54, 1.807) is 23.5 Å². The van der Waals surface area contributed by atoms with E-state index in [4.69, 9.17) is 11.6 Å². The third kappa shape index (κ3) is 2.67. The second kappa shape index (κ2) is 5.98. The van der Waals surface area contributed by atoms with Crippen LogP contribution in [0.1, 0.15) is 16.0 Å². The molecule has 4 nitrogen and oxygen atoms in total. The van der Waals surface area contributed by atoms with Crippen molar-refractivity contribution < 1.29 is 4.39 Å². The van der Waals surface area contributed by atoms with Crippen molar-refractivity contribution in [2.75, 3.05) is 5.43 Å². The van der Waals surface area contributed by atoms with Gasteiger partial charge in [-0.05, 0) is 31.5 Å². The number of rotatable bonds is 3. The van der Waals surface area contributed by atoms with Gasteiger partial charge in [-0.15, -0.1) is 11.3 Å². The maximum atomic E-state index is 13.7. The molecule has 0 aliphatic carbocycles. The lowest BCUT2D eigenvalue weighted by Crippen LogP contribution is -1.97. The van der Waals surface area contributed by atoms with Crippen molar-refractivity contribution >= 4 is 45.2 Å². The summed E-state index contributed by atoms with van der Waals surface area (Å²) in [5, 5.41) is 5.29. The van der Waals surface area contributed by atoms with Gasteiger partial charge in [0.2, 0.25) is 0 Å². The zero-order valence-corrected chi connectivity index (χ0v) is 13.5. The Morgan fingerprint density at radius 1 is 1.32 bits per heavy atom. The molecule has 1 N–H and O–H groups in total. The molecular formula is C15H12ClFN4S. The zero-order chi connectivity index (χ0) is 15.7. The molecule has 0 aliphatic rings. The van der Waals surface area contributed by atoms with E-state index in [1.165, 1.54) is 23.5 Å².